The fourth-order valence-corrected chi connectivity index (χ4v) is 1.60. The molecule has 0 saturated heterocycles. The molecule has 3 heteroatoms. The van der Waals surface area contributed by atoms with E-state index in [1.807, 2.05) is 20.8 Å². The lowest BCUT2D eigenvalue weighted by atomic mass is 9.99. The molecule has 1 heterocycles. The fraction of sp³-hybridized carbons (Fsp3) is 0.417. The number of aromatic nitrogens is 1. The smallest absolute Gasteiger partial charge is 0.178 e. The second kappa shape index (κ2) is 3.93. The van der Waals surface area contributed by atoms with Crippen LogP contribution in [0.25, 0.3) is 0 Å². The van der Waals surface area contributed by atoms with Gasteiger partial charge in [-0.2, -0.15) is 0 Å². The quantitative estimate of drug-likeness (QED) is 0.696. The Morgan fingerprint density at radius 3 is 1.40 bits per heavy atom. The van der Waals surface area contributed by atoms with Crippen LogP contribution in [0.3, 0.4) is 0 Å². The Morgan fingerprint density at radius 1 is 0.800 bits per heavy atom. The molecule has 0 radical (unpaired) electrons. The molecule has 1 rings (SSSR count). The van der Waals surface area contributed by atoms with Crippen molar-refractivity contribution in [3.8, 4) is 0 Å². The van der Waals surface area contributed by atoms with Crippen molar-refractivity contribution in [1.82, 2.24) is 4.98 Å². The SMILES string of the molecule is CC(=O)c1nc(C(C)=O)c(C)c(C)c1C. The summed E-state index contributed by atoms with van der Waals surface area (Å²) in [6.45, 7) is 8.55. The van der Waals surface area contributed by atoms with Crippen LogP contribution in [-0.2, 0) is 0 Å². The summed E-state index contributed by atoms with van der Waals surface area (Å²) in [5.41, 5.74) is 3.52. The van der Waals surface area contributed by atoms with Gasteiger partial charge in [0, 0.05) is 13.8 Å². The first-order valence-electron chi connectivity index (χ1n) is 4.86. The third-order valence-corrected chi connectivity index (χ3v) is 2.73. The minimum absolute atomic E-state index is 0.0990. The predicted molar refractivity (Wildman–Crippen MR) is 58.5 cm³/mol. The summed E-state index contributed by atoms with van der Waals surface area (Å²) >= 11 is 0. The number of Topliss-reactive ketones (excluding diaryl/α,β-unsaturated/α-hetero) is 2. The fourth-order valence-electron chi connectivity index (χ4n) is 1.60. The van der Waals surface area contributed by atoms with Gasteiger partial charge in [-0.25, -0.2) is 4.98 Å². The zero-order valence-electron chi connectivity index (χ0n) is 9.76. The van der Waals surface area contributed by atoms with Crippen LogP contribution in [0.15, 0.2) is 0 Å². The van der Waals surface area contributed by atoms with E-state index in [0.29, 0.717) is 11.4 Å². The number of rotatable bonds is 2. The molecule has 0 unspecified atom stereocenters. The molecule has 0 N–H and O–H groups in total. The Bertz CT molecular complexity index is 409. The van der Waals surface area contributed by atoms with Crippen LogP contribution in [0.2, 0.25) is 0 Å². The number of ketones is 2. The Morgan fingerprint density at radius 2 is 1.13 bits per heavy atom. The van der Waals surface area contributed by atoms with Crippen molar-refractivity contribution in [2.45, 2.75) is 34.6 Å². The first-order valence-corrected chi connectivity index (χ1v) is 4.86. The molecule has 0 atom stereocenters. The van der Waals surface area contributed by atoms with Gasteiger partial charge in [-0.15, -0.1) is 0 Å². The third kappa shape index (κ3) is 1.96. The summed E-state index contributed by atoms with van der Waals surface area (Å²) in [5, 5.41) is 0. The lowest BCUT2D eigenvalue weighted by Crippen LogP contribution is -2.11. The molecular weight excluding hydrogens is 190 g/mol. The zero-order chi connectivity index (χ0) is 11.7. The van der Waals surface area contributed by atoms with Crippen molar-refractivity contribution < 1.29 is 9.59 Å². The van der Waals surface area contributed by atoms with Crippen LogP contribution >= 0.6 is 0 Å². The lowest BCUT2D eigenvalue weighted by Gasteiger charge is -2.11. The molecule has 1 aromatic heterocycles. The van der Waals surface area contributed by atoms with Crippen molar-refractivity contribution in [3.63, 3.8) is 0 Å². The second-order valence-electron chi connectivity index (χ2n) is 3.80. The number of nitrogens with zero attached hydrogens (tertiary/aromatic N) is 1. The van der Waals surface area contributed by atoms with Crippen LogP contribution in [0.4, 0.5) is 0 Å². The summed E-state index contributed by atoms with van der Waals surface area (Å²) in [7, 11) is 0. The van der Waals surface area contributed by atoms with E-state index in [2.05, 4.69) is 4.98 Å². The first-order chi connectivity index (χ1) is 6.86. The second-order valence-corrected chi connectivity index (χ2v) is 3.80. The average Bonchev–Trinajstić information content (AvgIpc) is 2.13. The van der Waals surface area contributed by atoms with Crippen LogP contribution in [0.5, 0.6) is 0 Å². The Hall–Kier alpha value is -1.51. The highest BCUT2D eigenvalue weighted by Crippen LogP contribution is 2.19. The van der Waals surface area contributed by atoms with Crippen molar-refractivity contribution in [2.75, 3.05) is 0 Å². The monoisotopic (exact) mass is 205 g/mol. The largest absolute Gasteiger partial charge is 0.293 e. The van der Waals surface area contributed by atoms with E-state index in [9.17, 15) is 9.59 Å². The van der Waals surface area contributed by atoms with Crippen molar-refractivity contribution in [1.29, 1.82) is 0 Å². The van der Waals surface area contributed by atoms with Crippen LogP contribution in [-0.4, -0.2) is 16.6 Å². The van der Waals surface area contributed by atoms with Gasteiger partial charge in [-0.05, 0) is 37.5 Å². The van der Waals surface area contributed by atoms with E-state index < -0.39 is 0 Å². The highest BCUT2D eigenvalue weighted by Gasteiger charge is 2.16. The topological polar surface area (TPSA) is 47.0 Å². The number of carbonyl (C=O) groups is 2. The molecule has 0 aliphatic carbocycles. The molecular formula is C12H15NO2. The van der Waals surface area contributed by atoms with E-state index >= 15 is 0 Å². The molecule has 0 aliphatic rings. The number of hydrogen-bond acceptors (Lipinski definition) is 3. The maximum Gasteiger partial charge on any atom is 0.178 e. The lowest BCUT2D eigenvalue weighted by molar-refractivity contribution is 0.100. The van der Waals surface area contributed by atoms with Gasteiger partial charge in [0.15, 0.2) is 11.6 Å². The molecule has 0 saturated carbocycles. The molecule has 3 nitrogen and oxygen atoms in total. The molecule has 0 aliphatic heterocycles. The minimum atomic E-state index is -0.0990. The highest BCUT2D eigenvalue weighted by molar-refractivity contribution is 5.98. The maximum atomic E-state index is 11.3. The molecule has 0 spiro atoms. The Kier molecular flexibility index (Phi) is 3.03. The summed E-state index contributed by atoms with van der Waals surface area (Å²) in [6, 6.07) is 0. The zero-order valence-corrected chi connectivity index (χ0v) is 9.76. The van der Waals surface area contributed by atoms with E-state index in [1.54, 1.807) is 0 Å². The maximum absolute atomic E-state index is 11.3. The molecule has 0 fully saturated rings. The highest BCUT2D eigenvalue weighted by atomic mass is 16.1. The van der Waals surface area contributed by atoms with Crippen molar-refractivity contribution in [2.24, 2.45) is 0 Å². The normalized spacial score (nSPS) is 10.2. The summed E-state index contributed by atoms with van der Waals surface area (Å²) in [5.74, 6) is -0.198. The third-order valence-electron chi connectivity index (χ3n) is 2.73. The van der Waals surface area contributed by atoms with Gasteiger partial charge in [0.05, 0.1) is 0 Å². The van der Waals surface area contributed by atoms with Crippen LogP contribution in [0.1, 0.15) is 51.5 Å². The molecule has 0 amide bonds. The molecule has 15 heavy (non-hydrogen) atoms. The van der Waals surface area contributed by atoms with E-state index in [1.165, 1.54) is 13.8 Å². The average molecular weight is 205 g/mol. The van der Waals surface area contributed by atoms with Crippen LogP contribution in [0, 0.1) is 20.8 Å². The van der Waals surface area contributed by atoms with Gasteiger partial charge in [0.1, 0.15) is 11.4 Å². The molecule has 0 bridgehead atoms. The van der Waals surface area contributed by atoms with Gasteiger partial charge >= 0.3 is 0 Å². The molecule has 1 aromatic rings. The predicted octanol–water partition coefficient (Wildman–Crippen LogP) is 2.41. The standard InChI is InChI=1S/C12H15NO2/c1-6-7(2)11(9(4)14)13-12(8(6)3)10(5)15/h1-5H3. The van der Waals surface area contributed by atoms with Gasteiger partial charge in [0.25, 0.3) is 0 Å². The first kappa shape index (κ1) is 11.6. The van der Waals surface area contributed by atoms with Crippen LogP contribution < -0.4 is 0 Å². The van der Waals surface area contributed by atoms with Gasteiger partial charge < -0.3 is 0 Å². The molecule has 0 aromatic carbocycles. The number of pyridine rings is 1. The van der Waals surface area contributed by atoms with Gasteiger partial charge in [-0.3, -0.25) is 9.59 Å². The Labute approximate surface area is 89.5 Å². The van der Waals surface area contributed by atoms with Crippen molar-refractivity contribution in [3.05, 3.63) is 28.1 Å². The summed E-state index contributed by atoms with van der Waals surface area (Å²) in [4.78, 5) is 26.8. The van der Waals surface area contributed by atoms with E-state index in [0.717, 1.165) is 16.7 Å². The summed E-state index contributed by atoms with van der Waals surface area (Å²) in [6.07, 6.45) is 0. The number of carbonyl (C=O) groups excluding carboxylic acids is 2. The van der Waals surface area contributed by atoms with E-state index in [4.69, 9.17) is 0 Å². The number of hydrogen-bond donors (Lipinski definition) is 0. The molecule has 80 valence electrons. The van der Waals surface area contributed by atoms with Gasteiger partial charge in [-0.1, -0.05) is 0 Å². The minimum Gasteiger partial charge on any atom is -0.293 e. The van der Waals surface area contributed by atoms with Gasteiger partial charge in [0.2, 0.25) is 0 Å². The van der Waals surface area contributed by atoms with Crippen molar-refractivity contribution >= 4 is 11.6 Å². The summed E-state index contributed by atoms with van der Waals surface area (Å²) < 4.78 is 0. The van der Waals surface area contributed by atoms with E-state index in [-0.39, 0.29) is 11.6 Å². The Balaban J connectivity index is 3.59.